The van der Waals surface area contributed by atoms with Crippen molar-refractivity contribution in [2.24, 2.45) is 0 Å². The van der Waals surface area contributed by atoms with E-state index in [0.717, 1.165) is 22.1 Å². The minimum Gasteiger partial charge on any atom is -0.321 e. The summed E-state index contributed by atoms with van der Waals surface area (Å²) in [6.07, 6.45) is -4.55. The Kier molecular flexibility index (Phi) is 4.04. The molecular weight excluding hydrogens is 347 g/mol. The number of nitrogens with one attached hydrogen (secondary N) is 1. The molecule has 0 aliphatic carbocycles. The van der Waals surface area contributed by atoms with Crippen molar-refractivity contribution in [1.29, 1.82) is 0 Å². The first kappa shape index (κ1) is 15.8. The molecule has 3 aromatic rings. The molecule has 2 aromatic carbocycles. The van der Waals surface area contributed by atoms with Crippen molar-refractivity contribution in [3.8, 4) is 0 Å². The zero-order valence-electron chi connectivity index (χ0n) is 11.4. The van der Waals surface area contributed by atoms with Crippen LogP contribution in [0.15, 0.2) is 48.5 Å². The van der Waals surface area contributed by atoms with Gasteiger partial charge < -0.3 is 5.32 Å². The standard InChI is InChI=1S/C16H9ClF3NOS/c17-13-9-5-1-4-8-12(9)23-14(13)15(22)21-11-7-3-2-6-10(11)16(18,19)20/h1-8H,(H,21,22). The topological polar surface area (TPSA) is 29.1 Å². The van der Waals surface area contributed by atoms with Crippen LogP contribution in [-0.4, -0.2) is 5.91 Å². The lowest BCUT2D eigenvalue weighted by Crippen LogP contribution is -2.15. The van der Waals surface area contributed by atoms with Crippen LogP contribution >= 0.6 is 22.9 Å². The smallest absolute Gasteiger partial charge is 0.321 e. The molecule has 0 bridgehead atoms. The minimum absolute atomic E-state index is 0.185. The molecule has 1 aromatic heterocycles. The van der Waals surface area contributed by atoms with E-state index in [4.69, 9.17) is 11.6 Å². The van der Waals surface area contributed by atoms with Crippen molar-refractivity contribution in [3.63, 3.8) is 0 Å². The van der Waals surface area contributed by atoms with E-state index in [1.165, 1.54) is 18.2 Å². The molecule has 1 N–H and O–H groups in total. The summed E-state index contributed by atoms with van der Waals surface area (Å²) >= 11 is 7.31. The summed E-state index contributed by atoms with van der Waals surface area (Å²) in [5, 5.41) is 3.25. The normalized spacial score (nSPS) is 11.7. The number of hydrogen-bond acceptors (Lipinski definition) is 2. The summed E-state index contributed by atoms with van der Waals surface area (Å²) in [6.45, 7) is 0. The second kappa shape index (κ2) is 5.86. The number of hydrogen-bond donors (Lipinski definition) is 1. The Morgan fingerprint density at radius 2 is 1.70 bits per heavy atom. The van der Waals surface area contributed by atoms with Gasteiger partial charge in [-0.3, -0.25) is 4.79 Å². The lowest BCUT2D eigenvalue weighted by Gasteiger charge is -2.13. The Bertz CT molecular complexity index is 888. The van der Waals surface area contributed by atoms with Crippen LogP contribution in [0.25, 0.3) is 10.1 Å². The van der Waals surface area contributed by atoms with Gasteiger partial charge in [-0.15, -0.1) is 11.3 Å². The van der Waals surface area contributed by atoms with Crippen LogP contribution in [0, 0.1) is 0 Å². The van der Waals surface area contributed by atoms with Crippen molar-refractivity contribution in [1.82, 2.24) is 0 Å². The van der Waals surface area contributed by atoms with Crippen LogP contribution in [0.2, 0.25) is 5.02 Å². The predicted octanol–water partition coefficient (Wildman–Crippen LogP) is 5.83. The molecule has 0 aliphatic rings. The van der Waals surface area contributed by atoms with E-state index in [1.54, 1.807) is 24.3 Å². The molecule has 0 fully saturated rings. The van der Waals surface area contributed by atoms with Gasteiger partial charge in [-0.25, -0.2) is 0 Å². The molecule has 23 heavy (non-hydrogen) atoms. The van der Waals surface area contributed by atoms with Gasteiger partial charge in [0.2, 0.25) is 0 Å². The van der Waals surface area contributed by atoms with Crippen LogP contribution in [0.4, 0.5) is 18.9 Å². The zero-order chi connectivity index (χ0) is 16.6. The van der Waals surface area contributed by atoms with Crippen LogP contribution in [0.1, 0.15) is 15.2 Å². The SMILES string of the molecule is O=C(Nc1ccccc1C(F)(F)F)c1sc2ccccc2c1Cl. The fourth-order valence-electron chi connectivity index (χ4n) is 2.18. The molecule has 2 nitrogen and oxygen atoms in total. The number of carbonyl (C=O) groups excluding carboxylic acids is 1. The fraction of sp³-hybridized carbons (Fsp3) is 0.0625. The van der Waals surface area contributed by atoms with Gasteiger partial charge in [0.25, 0.3) is 5.91 Å². The molecule has 7 heteroatoms. The highest BCUT2D eigenvalue weighted by Crippen LogP contribution is 2.37. The number of thiophene rings is 1. The monoisotopic (exact) mass is 355 g/mol. The molecule has 3 rings (SSSR count). The zero-order valence-corrected chi connectivity index (χ0v) is 13.0. The Hall–Kier alpha value is -2.05. The highest BCUT2D eigenvalue weighted by Gasteiger charge is 2.33. The molecule has 0 saturated carbocycles. The van der Waals surface area contributed by atoms with Gasteiger partial charge in [-0.05, 0) is 18.2 Å². The van der Waals surface area contributed by atoms with Gasteiger partial charge in [0.15, 0.2) is 0 Å². The molecule has 0 spiro atoms. The summed E-state index contributed by atoms with van der Waals surface area (Å²) in [6, 6.07) is 12.0. The summed E-state index contributed by atoms with van der Waals surface area (Å²) in [4.78, 5) is 12.5. The van der Waals surface area contributed by atoms with E-state index in [2.05, 4.69) is 5.32 Å². The van der Waals surface area contributed by atoms with Crippen molar-refractivity contribution in [3.05, 3.63) is 64.0 Å². The summed E-state index contributed by atoms with van der Waals surface area (Å²) in [7, 11) is 0. The van der Waals surface area contributed by atoms with Crippen LogP contribution in [0.5, 0.6) is 0 Å². The van der Waals surface area contributed by atoms with E-state index >= 15 is 0 Å². The third-order valence-corrected chi connectivity index (χ3v) is 4.90. The maximum atomic E-state index is 13.0. The quantitative estimate of drug-likeness (QED) is 0.616. The number of rotatable bonds is 2. The number of alkyl halides is 3. The Balaban J connectivity index is 1.97. The number of fused-ring (bicyclic) bond motifs is 1. The summed E-state index contributed by atoms with van der Waals surface area (Å²) in [5.74, 6) is -0.659. The highest BCUT2D eigenvalue weighted by atomic mass is 35.5. The van der Waals surface area contributed by atoms with Gasteiger partial charge >= 0.3 is 6.18 Å². The average molecular weight is 356 g/mol. The van der Waals surface area contributed by atoms with E-state index in [-0.39, 0.29) is 15.6 Å². The molecule has 0 aliphatic heterocycles. The van der Waals surface area contributed by atoms with E-state index in [9.17, 15) is 18.0 Å². The van der Waals surface area contributed by atoms with Gasteiger partial charge in [0.05, 0.1) is 16.3 Å². The highest BCUT2D eigenvalue weighted by molar-refractivity contribution is 7.21. The number of benzene rings is 2. The second-order valence-corrected chi connectivity index (χ2v) is 6.17. The Morgan fingerprint density at radius 1 is 1.04 bits per heavy atom. The van der Waals surface area contributed by atoms with Crippen molar-refractivity contribution >= 4 is 44.6 Å². The first-order valence-electron chi connectivity index (χ1n) is 6.52. The Morgan fingerprint density at radius 3 is 2.39 bits per heavy atom. The maximum absolute atomic E-state index is 13.0. The number of amides is 1. The minimum atomic E-state index is -4.55. The summed E-state index contributed by atoms with van der Waals surface area (Å²) in [5.41, 5.74) is -1.19. The molecule has 1 amide bonds. The molecular formula is C16H9ClF3NOS. The van der Waals surface area contributed by atoms with Crippen LogP contribution in [-0.2, 0) is 6.18 Å². The molecule has 0 saturated heterocycles. The van der Waals surface area contributed by atoms with Crippen molar-refractivity contribution in [2.75, 3.05) is 5.32 Å². The van der Waals surface area contributed by atoms with Crippen LogP contribution < -0.4 is 5.32 Å². The molecule has 0 unspecified atom stereocenters. The average Bonchev–Trinajstić information content (AvgIpc) is 2.84. The van der Waals surface area contributed by atoms with Gasteiger partial charge in [-0.1, -0.05) is 41.9 Å². The van der Waals surface area contributed by atoms with Gasteiger partial charge in [0.1, 0.15) is 4.88 Å². The van der Waals surface area contributed by atoms with Crippen molar-refractivity contribution < 1.29 is 18.0 Å². The maximum Gasteiger partial charge on any atom is 0.418 e. The number of halogens is 4. The predicted molar refractivity (Wildman–Crippen MR) is 86.2 cm³/mol. The third-order valence-electron chi connectivity index (χ3n) is 3.22. The summed E-state index contributed by atoms with van der Waals surface area (Å²) < 4.78 is 39.7. The lowest BCUT2D eigenvalue weighted by atomic mass is 10.1. The second-order valence-electron chi connectivity index (χ2n) is 4.74. The molecule has 0 atom stereocenters. The number of para-hydroxylation sites is 1. The first-order chi connectivity index (χ1) is 10.9. The van der Waals surface area contributed by atoms with E-state index < -0.39 is 17.6 Å². The van der Waals surface area contributed by atoms with E-state index in [1.807, 2.05) is 0 Å². The van der Waals surface area contributed by atoms with Crippen LogP contribution in [0.3, 0.4) is 0 Å². The number of carbonyl (C=O) groups is 1. The van der Waals surface area contributed by atoms with E-state index in [0.29, 0.717) is 5.39 Å². The first-order valence-corrected chi connectivity index (χ1v) is 7.72. The van der Waals surface area contributed by atoms with Crippen molar-refractivity contribution in [2.45, 2.75) is 6.18 Å². The largest absolute Gasteiger partial charge is 0.418 e. The molecule has 1 heterocycles. The molecule has 0 radical (unpaired) electrons. The number of anilines is 1. The third kappa shape index (κ3) is 3.04. The fourth-order valence-corrected chi connectivity index (χ4v) is 3.59. The Labute approximate surface area is 138 Å². The van der Waals surface area contributed by atoms with Gasteiger partial charge in [0, 0.05) is 10.1 Å². The lowest BCUT2D eigenvalue weighted by molar-refractivity contribution is -0.136. The molecule has 118 valence electrons. The van der Waals surface area contributed by atoms with Gasteiger partial charge in [-0.2, -0.15) is 13.2 Å².